The van der Waals surface area contributed by atoms with E-state index in [2.05, 4.69) is 61.3 Å². The van der Waals surface area contributed by atoms with Crippen molar-refractivity contribution in [3.05, 3.63) is 58.9 Å². The summed E-state index contributed by atoms with van der Waals surface area (Å²) in [5.74, 6) is -0.274. The Hall–Kier alpha value is -3.04. The maximum Gasteiger partial charge on any atom is 0.316 e. The molecule has 8 nitrogen and oxygen atoms in total. The third-order valence-corrected chi connectivity index (χ3v) is 5.83. The molecule has 1 aliphatic heterocycles. The van der Waals surface area contributed by atoms with E-state index in [1.54, 1.807) is 5.38 Å². The molecule has 0 spiro atoms. The zero-order valence-corrected chi connectivity index (χ0v) is 17.9. The molecule has 0 radical (unpaired) electrons. The number of rotatable bonds is 6. The van der Waals surface area contributed by atoms with Crippen molar-refractivity contribution in [3.63, 3.8) is 0 Å². The van der Waals surface area contributed by atoms with Gasteiger partial charge in [0, 0.05) is 38.1 Å². The van der Waals surface area contributed by atoms with Gasteiger partial charge in [-0.1, -0.05) is 29.8 Å². The van der Waals surface area contributed by atoms with Crippen LogP contribution in [0.5, 0.6) is 6.01 Å². The van der Waals surface area contributed by atoms with E-state index in [9.17, 15) is 4.79 Å². The fourth-order valence-electron chi connectivity index (χ4n) is 3.36. The lowest BCUT2D eigenvalue weighted by molar-refractivity contribution is 0.102. The number of aromatic nitrogens is 3. The number of nitrogens with zero attached hydrogens (tertiary/aromatic N) is 5. The molecule has 1 amide bonds. The standard InChI is InChI=1S/C21H24N6O2S/c1-15-4-3-5-16(10-15)13-26-6-8-27(9-7-26)21-25-18(14-30-21)19(28)24-17-11-22-20(29-2)23-12-17/h3-5,10-12,14H,6-9,13H2,1-2H3,(H,24,28). The van der Waals surface area contributed by atoms with Crippen LogP contribution >= 0.6 is 11.3 Å². The van der Waals surface area contributed by atoms with E-state index in [4.69, 9.17) is 4.74 Å². The highest BCUT2D eigenvalue weighted by Crippen LogP contribution is 2.23. The molecule has 9 heteroatoms. The highest BCUT2D eigenvalue weighted by Gasteiger charge is 2.21. The van der Waals surface area contributed by atoms with Gasteiger partial charge in [-0.05, 0) is 12.5 Å². The van der Waals surface area contributed by atoms with E-state index in [0.29, 0.717) is 11.4 Å². The average Bonchev–Trinajstić information content (AvgIpc) is 3.25. The molecule has 3 aromatic rings. The molecule has 0 bridgehead atoms. The number of hydrogen-bond acceptors (Lipinski definition) is 8. The summed E-state index contributed by atoms with van der Waals surface area (Å²) in [6.45, 7) is 6.82. The first-order chi connectivity index (χ1) is 14.6. The highest BCUT2D eigenvalue weighted by molar-refractivity contribution is 7.14. The summed E-state index contributed by atoms with van der Waals surface area (Å²) in [6, 6.07) is 8.91. The van der Waals surface area contributed by atoms with Crippen molar-refractivity contribution in [3.8, 4) is 6.01 Å². The molecule has 0 saturated carbocycles. The molecule has 1 aliphatic rings. The Labute approximate surface area is 179 Å². The van der Waals surface area contributed by atoms with Gasteiger partial charge in [-0.3, -0.25) is 9.69 Å². The number of aryl methyl sites for hydroxylation is 1. The maximum atomic E-state index is 12.5. The van der Waals surface area contributed by atoms with Crippen LogP contribution in [0.2, 0.25) is 0 Å². The molecule has 30 heavy (non-hydrogen) atoms. The fourth-order valence-corrected chi connectivity index (χ4v) is 4.22. The molecular weight excluding hydrogens is 400 g/mol. The molecule has 0 unspecified atom stereocenters. The molecule has 4 rings (SSSR count). The zero-order valence-electron chi connectivity index (χ0n) is 17.0. The van der Waals surface area contributed by atoms with Crippen molar-refractivity contribution >= 4 is 28.1 Å². The van der Waals surface area contributed by atoms with Crippen LogP contribution in [0.4, 0.5) is 10.8 Å². The second-order valence-electron chi connectivity index (χ2n) is 7.18. The number of benzene rings is 1. The third kappa shape index (κ3) is 4.92. The van der Waals surface area contributed by atoms with Crippen molar-refractivity contribution in [2.45, 2.75) is 13.5 Å². The van der Waals surface area contributed by atoms with E-state index in [1.165, 1.54) is 42.0 Å². The van der Waals surface area contributed by atoms with E-state index in [0.717, 1.165) is 37.9 Å². The first-order valence-electron chi connectivity index (χ1n) is 9.76. The first kappa shape index (κ1) is 20.2. The van der Waals surface area contributed by atoms with Gasteiger partial charge in [-0.15, -0.1) is 11.3 Å². The molecule has 0 aliphatic carbocycles. The van der Waals surface area contributed by atoms with Crippen molar-refractivity contribution in [2.75, 3.05) is 43.5 Å². The number of methoxy groups -OCH3 is 1. The monoisotopic (exact) mass is 424 g/mol. The lowest BCUT2D eigenvalue weighted by atomic mass is 10.1. The first-order valence-corrected chi connectivity index (χ1v) is 10.6. The van der Waals surface area contributed by atoms with Crippen LogP contribution in [0, 0.1) is 6.92 Å². The largest absolute Gasteiger partial charge is 0.467 e. The van der Waals surface area contributed by atoms with Crippen molar-refractivity contribution in [1.82, 2.24) is 19.9 Å². The topological polar surface area (TPSA) is 83.5 Å². The van der Waals surface area contributed by atoms with Crippen molar-refractivity contribution in [2.24, 2.45) is 0 Å². The fraction of sp³-hybridized carbons (Fsp3) is 0.333. The van der Waals surface area contributed by atoms with Gasteiger partial charge in [-0.2, -0.15) is 0 Å². The van der Waals surface area contributed by atoms with Crippen LogP contribution in [0.15, 0.2) is 42.0 Å². The summed E-state index contributed by atoms with van der Waals surface area (Å²) in [5.41, 5.74) is 3.54. The summed E-state index contributed by atoms with van der Waals surface area (Å²) < 4.78 is 4.92. The minimum absolute atomic E-state index is 0.255. The van der Waals surface area contributed by atoms with Gasteiger partial charge in [0.15, 0.2) is 5.13 Å². The molecule has 2 aromatic heterocycles. The van der Waals surface area contributed by atoms with Gasteiger partial charge in [0.25, 0.3) is 5.91 Å². The SMILES string of the molecule is COc1ncc(NC(=O)c2csc(N3CCN(Cc4cccc(C)c4)CC3)n2)cn1. The quantitative estimate of drug-likeness (QED) is 0.651. The van der Waals surface area contributed by atoms with Gasteiger partial charge in [0.05, 0.1) is 25.2 Å². The average molecular weight is 425 g/mol. The molecule has 1 fully saturated rings. The maximum absolute atomic E-state index is 12.5. The minimum Gasteiger partial charge on any atom is -0.467 e. The summed E-state index contributed by atoms with van der Waals surface area (Å²) in [6.07, 6.45) is 3.01. The van der Waals surface area contributed by atoms with Crippen molar-refractivity contribution < 1.29 is 9.53 Å². The number of ether oxygens (including phenoxy) is 1. The van der Waals surface area contributed by atoms with Gasteiger partial charge in [-0.25, -0.2) is 15.0 Å². The summed E-state index contributed by atoms with van der Waals surface area (Å²) in [5, 5.41) is 5.42. The van der Waals surface area contributed by atoms with Crippen LogP contribution < -0.4 is 15.0 Å². The van der Waals surface area contributed by atoms with Crippen LogP contribution in [-0.4, -0.2) is 59.0 Å². The molecule has 0 atom stereocenters. The number of anilines is 2. The van der Waals surface area contributed by atoms with Gasteiger partial charge in [0.1, 0.15) is 5.69 Å². The van der Waals surface area contributed by atoms with Crippen LogP contribution in [0.3, 0.4) is 0 Å². The second-order valence-corrected chi connectivity index (χ2v) is 8.02. The van der Waals surface area contributed by atoms with E-state index >= 15 is 0 Å². The van der Waals surface area contributed by atoms with Crippen molar-refractivity contribution in [1.29, 1.82) is 0 Å². The number of nitrogens with one attached hydrogen (secondary N) is 1. The Morgan fingerprint density at radius 3 is 2.67 bits per heavy atom. The molecular formula is C21H24N6O2S. The van der Waals surface area contributed by atoms with Gasteiger partial charge in [0.2, 0.25) is 0 Å². The van der Waals surface area contributed by atoms with Crippen LogP contribution in [0.1, 0.15) is 21.6 Å². The normalized spacial score (nSPS) is 14.5. The number of carbonyl (C=O) groups excluding carboxylic acids is 1. The van der Waals surface area contributed by atoms with Crippen LogP contribution in [0.25, 0.3) is 0 Å². The Balaban J connectivity index is 1.31. The summed E-state index contributed by atoms with van der Waals surface area (Å²) >= 11 is 1.49. The number of amides is 1. The Bertz CT molecular complexity index is 999. The number of thiazole rings is 1. The smallest absolute Gasteiger partial charge is 0.316 e. The lowest BCUT2D eigenvalue weighted by Gasteiger charge is -2.34. The molecule has 156 valence electrons. The summed E-state index contributed by atoms with van der Waals surface area (Å²) in [4.78, 5) is 29.7. The Morgan fingerprint density at radius 1 is 1.20 bits per heavy atom. The number of piperazine rings is 1. The minimum atomic E-state index is -0.274. The summed E-state index contributed by atoms with van der Waals surface area (Å²) in [7, 11) is 1.49. The predicted octanol–water partition coefficient (Wildman–Crippen LogP) is 2.82. The lowest BCUT2D eigenvalue weighted by Crippen LogP contribution is -2.46. The van der Waals surface area contributed by atoms with Crippen LogP contribution in [-0.2, 0) is 6.54 Å². The second kappa shape index (κ2) is 9.19. The highest BCUT2D eigenvalue weighted by atomic mass is 32.1. The van der Waals surface area contributed by atoms with E-state index < -0.39 is 0 Å². The predicted molar refractivity (Wildman–Crippen MR) is 117 cm³/mol. The Kier molecular flexibility index (Phi) is 6.20. The van der Waals surface area contributed by atoms with E-state index in [1.807, 2.05) is 0 Å². The third-order valence-electron chi connectivity index (χ3n) is 4.92. The molecule has 3 heterocycles. The number of carbonyl (C=O) groups is 1. The molecule has 1 aromatic carbocycles. The molecule has 1 N–H and O–H groups in total. The Morgan fingerprint density at radius 2 is 1.97 bits per heavy atom. The zero-order chi connectivity index (χ0) is 20.9. The van der Waals surface area contributed by atoms with Gasteiger partial charge >= 0.3 is 6.01 Å². The number of hydrogen-bond donors (Lipinski definition) is 1. The van der Waals surface area contributed by atoms with E-state index in [-0.39, 0.29) is 11.9 Å². The van der Waals surface area contributed by atoms with Gasteiger partial charge < -0.3 is 15.0 Å². The molecule has 1 saturated heterocycles.